The molecule has 118 valence electrons. The van der Waals surface area contributed by atoms with Crippen LogP contribution in [-0.4, -0.2) is 18.5 Å². The van der Waals surface area contributed by atoms with Crippen molar-refractivity contribution in [3.05, 3.63) is 22.4 Å². The lowest BCUT2D eigenvalue weighted by Crippen LogP contribution is -2.45. The highest BCUT2D eigenvalue weighted by atomic mass is 32.1. The molecule has 2 rings (SSSR count). The lowest BCUT2D eigenvalue weighted by atomic mass is 9.96. The van der Waals surface area contributed by atoms with E-state index in [2.05, 4.69) is 42.0 Å². The van der Waals surface area contributed by atoms with Gasteiger partial charge in [0.2, 0.25) is 5.91 Å². The highest BCUT2D eigenvalue weighted by molar-refractivity contribution is 7.10. The van der Waals surface area contributed by atoms with Crippen molar-refractivity contribution in [2.24, 2.45) is 11.8 Å². The van der Waals surface area contributed by atoms with Gasteiger partial charge in [-0.15, -0.1) is 11.3 Å². The average molecular weight is 308 g/mol. The van der Waals surface area contributed by atoms with Crippen LogP contribution >= 0.6 is 11.3 Å². The van der Waals surface area contributed by atoms with E-state index in [-0.39, 0.29) is 11.9 Å². The van der Waals surface area contributed by atoms with Crippen LogP contribution < -0.4 is 10.6 Å². The van der Waals surface area contributed by atoms with E-state index in [1.165, 1.54) is 30.6 Å². The van der Waals surface area contributed by atoms with E-state index >= 15 is 0 Å². The molecule has 1 aliphatic carbocycles. The fraction of sp³-hybridized carbons (Fsp3) is 0.706. The number of carbonyl (C=O) groups is 1. The number of amides is 1. The van der Waals surface area contributed by atoms with Crippen LogP contribution in [0.15, 0.2) is 17.5 Å². The third-order valence-electron chi connectivity index (χ3n) is 4.23. The van der Waals surface area contributed by atoms with Gasteiger partial charge in [0.15, 0.2) is 0 Å². The molecule has 1 amide bonds. The molecule has 1 aromatic heterocycles. The Hall–Kier alpha value is -0.870. The molecule has 4 heteroatoms. The molecule has 0 bridgehead atoms. The summed E-state index contributed by atoms with van der Waals surface area (Å²) in [6.07, 6.45) is 5.19. The van der Waals surface area contributed by atoms with Crippen LogP contribution in [0.3, 0.4) is 0 Å². The predicted octanol–water partition coefficient (Wildman–Crippen LogP) is 3.73. The molecule has 0 saturated heterocycles. The fourth-order valence-electron chi connectivity index (χ4n) is 3.01. The summed E-state index contributed by atoms with van der Waals surface area (Å²) in [5, 5.41) is 8.74. The molecule has 1 heterocycles. The minimum atomic E-state index is -0.142. The second kappa shape index (κ2) is 7.95. The first-order valence-corrected chi connectivity index (χ1v) is 9.03. The Kier molecular flexibility index (Phi) is 6.24. The fourth-order valence-corrected chi connectivity index (χ4v) is 3.89. The van der Waals surface area contributed by atoms with Crippen LogP contribution in [0.4, 0.5) is 0 Å². The van der Waals surface area contributed by atoms with E-state index in [1.807, 2.05) is 6.92 Å². The Morgan fingerprint density at radius 2 is 2.05 bits per heavy atom. The molecule has 2 N–H and O–H groups in total. The molecule has 21 heavy (non-hydrogen) atoms. The molecule has 1 aliphatic rings. The first-order valence-electron chi connectivity index (χ1n) is 8.15. The first kappa shape index (κ1) is 16.5. The Morgan fingerprint density at radius 1 is 1.33 bits per heavy atom. The second-order valence-corrected chi connectivity index (χ2v) is 7.54. The summed E-state index contributed by atoms with van der Waals surface area (Å²) in [6.45, 7) is 6.96. The third-order valence-corrected chi connectivity index (χ3v) is 5.18. The van der Waals surface area contributed by atoms with E-state index in [9.17, 15) is 4.79 Å². The highest BCUT2D eigenvalue weighted by Gasteiger charge is 2.29. The molecule has 3 nitrogen and oxygen atoms in total. The standard InChI is InChI=1S/C17H28N2OS/c1-12(2)11-18-17(20)13(3)19-16(14-7-4-5-8-14)15-9-6-10-21-15/h6,9-10,12-14,16,19H,4-5,7-8,11H2,1-3H3,(H,18,20). The summed E-state index contributed by atoms with van der Waals surface area (Å²) in [5.41, 5.74) is 0. The summed E-state index contributed by atoms with van der Waals surface area (Å²) in [4.78, 5) is 13.6. The lowest BCUT2D eigenvalue weighted by molar-refractivity contribution is -0.123. The van der Waals surface area contributed by atoms with Crippen molar-refractivity contribution >= 4 is 17.2 Å². The Morgan fingerprint density at radius 3 is 2.62 bits per heavy atom. The quantitative estimate of drug-likeness (QED) is 0.806. The maximum absolute atomic E-state index is 12.2. The van der Waals surface area contributed by atoms with Gasteiger partial charge in [-0.05, 0) is 43.0 Å². The second-order valence-electron chi connectivity index (χ2n) is 6.56. The Labute approximate surface area is 132 Å². The molecule has 1 saturated carbocycles. The van der Waals surface area contributed by atoms with E-state index in [4.69, 9.17) is 0 Å². The smallest absolute Gasteiger partial charge is 0.236 e. The molecular formula is C17H28N2OS. The van der Waals surface area contributed by atoms with E-state index in [1.54, 1.807) is 11.3 Å². The van der Waals surface area contributed by atoms with Crippen molar-refractivity contribution in [3.63, 3.8) is 0 Å². The zero-order chi connectivity index (χ0) is 15.2. The van der Waals surface area contributed by atoms with Gasteiger partial charge < -0.3 is 5.32 Å². The van der Waals surface area contributed by atoms with Crippen LogP contribution in [0.25, 0.3) is 0 Å². The summed E-state index contributed by atoms with van der Waals surface area (Å²) in [5.74, 6) is 1.27. The van der Waals surface area contributed by atoms with Crippen LogP contribution in [0, 0.1) is 11.8 Å². The number of rotatable bonds is 7. The van der Waals surface area contributed by atoms with Gasteiger partial charge in [-0.2, -0.15) is 0 Å². The summed E-state index contributed by atoms with van der Waals surface area (Å²) < 4.78 is 0. The van der Waals surface area contributed by atoms with Crippen molar-refractivity contribution in [2.75, 3.05) is 6.54 Å². The van der Waals surface area contributed by atoms with E-state index < -0.39 is 0 Å². The zero-order valence-corrected chi connectivity index (χ0v) is 14.2. The number of nitrogens with one attached hydrogen (secondary N) is 2. The number of hydrogen-bond acceptors (Lipinski definition) is 3. The minimum absolute atomic E-state index is 0.114. The molecular weight excluding hydrogens is 280 g/mol. The summed E-state index contributed by atoms with van der Waals surface area (Å²) in [6, 6.07) is 4.48. The van der Waals surface area contributed by atoms with Crippen molar-refractivity contribution in [2.45, 2.75) is 58.5 Å². The van der Waals surface area contributed by atoms with Crippen LogP contribution in [-0.2, 0) is 4.79 Å². The normalized spacial score (nSPS) is 18.9. The molecule has 0 aromatic carbocycles. The van der Waals surface area contributed by atoms with Crippen molar-refractivity contribution in [1.82, 2.24) is 10.6 Å². The summed E-state index contributed by atoms with van der Waals surface area (Å²) in [7, 11) is 0. The van der Waals surface area contributed by atoms with Gasteiger partial charge in [0, 0.05) is 17.5 Å². The molecule has 2 atom stereocenters. The zero-order valence-electron chi connectivity index (χ0n) is 13.4. The largest absolute Gasteiger partial charge is 0.354 e. The molecule has 0 spiro atoms. The van der Waals surface area contributed by atoms with Gasteiger partial charge in [-0.25, -0.2) is 0 Å². The third kappa shape index (κ3) is 4.82. The van der Waals surface area contributed by atoms with Gasteiger partial charge in [0.05, 0.1) is 6.04 Å². The number of carbonyl (C=O) groups excluding carboxylic acids is 1. The summed E-state index contributed by atoms with van der Waals surface area (Å²) >= 11 is 1.80. The van der Waals surface area contributed by atoms with Gasteiger partial charge in [0.1, 0.15) is 0 Å². The lowest BCUT2D eigenvalue weighted by Gasteiger charge is -2.27. The van der Waals surface area contributed by atoms with E-state index in [0.717, 1.165) is 6.54 Å². The average Bonchev–Trinajstić information content (AvgIpc) is 3.14. The molecule has 0 radical (unpaired) electrons. The molecule has 1 aromatic rings. The van der Waals surface area contributed by atoms with Crippen molar-refractivity contribution < 1.29 is 4.79 Å². The van der Waals surface area contributed by atoms with Gasteiger partial charge >= 0.3 is 0 Å². The van der Waals surface area contributed by atoms with E-state index in [0.29, 0.717) is 17.9 Å². The van der Waals surface area contributed by atoms with Crippen molar-refractivity contribution in [3.8, 4) is 0 Å². The van der Waals surface area contributed by atoms with Crippen LogP contribution in [0.2, 0.25) is 0 Å². The Bertz CT molecular complexity index is 424. The predicted molar refractivity (Wildman–Crippen MR) is 89.5 cm³/mol. The highest BCUT2D eigenvalue weighted by Crippen LogP contribution is 2.37. The SMILES string of the molecule is CC(C)CNC(=O)C(C)NC(c1cccs1)C1CCCC1. The molecule has 0 aliphatic heterocycles. The minimum Gasteiger partial charge on any atom is -0.354 e. The van der Waals surface area contributed by atoms with Crippen molar-refractivity contribution in [1.29, 1.82) is 0 Å². The van der Waals surface area contributed by atoms with Gasteiger partial charge in [-0.3, -0.25) is 10.1 Å². The maximum atomic E-state index is 12.2. The number of hydrogen-bond donors (Lipinski definition) is 2. The van der Waals surface area contributed by atoms with Gasteiger partial charge in [-0.1, -0.05) is 32.8 Å². The van der Waals surface area contributed by atoms with Gasteiger partial charge in [0.25, 0.3) is 0 Å². The molecule has 2 unspecified atom stereocenters. The first-order chi connectivity index (χ1) is 10.1. The maximum Gasteiger partial charge on any atom is 0.236 e. The number of thiophene rings is 1. The van der Waals surface area contributed by atoms with Crippen LogP contribution in [0.5, 0.6) is 0 Å². The van der Waals surface area contributed by atoms with Crippen LogP contribution in [0.1, 0.15) is 57.4 Å². The Balaban J connectivity index is 1.96. The molecule has 1 fully saturated rings. The monoisotopic (exact) mass is 308 g/mol. The topological polar surface area (TPSA) is 41.1 Å².